The van der Waals surface area contributed by atoms with Crippen LogP contribution in [-0.2, 0) is 6.18 Å². The van der Waals surface area contributed by atoms with Gasteiger partial charge in [0.2, 0.25) is 11.8 Å². The third-order valence-electron chi connectivity index (χ3n) is 3.83. The number of hydrogen-bond acceptors (Lipinski definition) is 7. The van der Waals surface area contributed by atoms with Crippen molar-refractivity contribution in [2.24, 2.45) is 0 Å². The number of piperazine rings is 1. The highest BCUT2D eigenvalue weighted by atomic mass is 19.4. The third kappa shape index (κ3) is 3.89. The number of rotatable bonds is 3. The van der Waals surface area contributed by atoms with E-state index in [0.29, 0.717) is 38.0 Å². The topological polar surface area (TPSA) is 67.3 Å². The highest BCUT2D eigenvalue weighted by molar-refractivity contribution is 5.44. The third-order valence-corrected chi connectivity index (χ3v) is 3.83. The Bertz CT molecular complexity index is 746. The van der Waals surface area contributed by atoms with E-state index < -0.39 is 11.9 Å². The maximum atomic E-state index is 12.9. The van der Waals surface area contributed by atoms with Crippen molar-refractivity contribution in [1.82, 2.24) is 19.9 Å². The molecule has 3 heterocycles. The lowest BCUT2D eigenvalue weighted by Gasteiger charge is -2.35. The number of methoxy groups -OCH3 is 1. The lowest BCUT2D eigenvalue weighted by Crippen LogP contribution is -2.47. The van der Waals surface area contributed by atoms with Crippen LogP contribution in [0, 0.1) is 6.92 Å². The van der Waals surface area contributed by atoms with E-state index in [1.54, 1.807) is 17.2 Å². The van der Waals surface area contributed by atoms with Crippen molar-refractivity contribution in [3.8, 4) is 5.88 Å². The van der Waals surface area contributed by atoms with Gasteiger partial charge < -0.3 is 14.5 Å². The molecule has 1 fully saturated rings. The summed E-state index contributed by atoms with van der Waals surface area (Å²) in [4.78, 5) is 19.9. The molecule has 7 nitrogen and oxygen atoms in total. The molecule has 2 aromatic rings. The summed E-state index contributed by atoms with van der Waals surface area (Å²) in [6.07, 6.45) is -2.88. The Hall–Kier alpha value is -2.65. The molecule has 0 radical (unpaired) electrons. The van der Waals surface area contributed by atoms with E-state index >= 15 is 0 Å². The molecule has 0 atom stereocenters. The summed E-state index contributed by atoms with van der Waals surface area (Å²) in [6, 6.07) is 2.65. The number of alkyl halides is 3. The van der Waals surface area contributed by atoms with Crippen molar-refractivity contribution in [3.63, 3.8) is 0 Å². The van der Waals surface area contributed by atoms with Gasteiger partial charge in [-0.1, -0.05) is 0 Å². The zero-order valence-electron chi connectivity index (χ0n) is 13.8. The summed E-state index contributed by atoms with van der Waals surface area (Å²) >= 11 is 0. The first-order chi connectivity index (χ1) is 11.9. The summed E-state index contributed by atoms with van der Waals surface area (Å²) in [5.74, 6) is 1.39. The van der Waals surface area contributed by atoms with Crippen molar-refractivity contribution in [3.05, 3.63) is 29.8 Å². The van der Waals surface area contributed by atoms with Gasteiger partial charge >= 0.3 is 6.18 Å². The minimum absolute atomic E-state index is 0.100. The maximum absolute atomic E-state index is 12.9. The first kappa shape index (κ1) is 17.2. The van der Waals surface area contributed by atoms with E-state index in [2.05, 4.69) is 19.9 Å². The van der Waals surface area contributed by atoms with Crippen molar-refractivity contribution in [2.45, 2.75) is 13.1 Å². The van der Waals surface area contributed by atoms with Gasteiger partial charge in [-0.3, -0.25) is 0 Å². The molecule has 0 saturated carbocycles. The van der Waals surface area contributed by atoms with Gasteiger partial charge in [0.25, 0.3) is 0 Å². The molecular formula is C15H17F3N6O. The van der Waals surface area contributed by atoms with Crippen molar-refractivity contribution >= 4 is 11.8 Å². The number of anilines is 2. The Morgan fingerprint density at radius 3 is 2.36 bits per heavy atom. The first-order valence-electron chi connectivity index (χ1n) is 7.66. The molecule has 0 N–H and O–H groups in total. The Kier molecular flexibility index (Phi) is 4.60. The SMILES string of the molecule is COc1ccnc(N2CCN(c3cc(C(F)(F)F)nc(C)n3)CC2)n1. The number of ether oxygens (including phenoxy) is 1. The van der Waals surface area contributed by atoms with Gasteiger partial charge in [0.05, 0.1) is 7.11 Å². The second kappa shape index (κ2) is 6.69. The molecule has 134 valence electrons. The Morgan fingerprint density at radius 1 is 1.04 bits per heavy atom. The quantitative estimate of drug-likeness (QED) is 0.834. The number of aryl methyl sites for hydroxylation is 1. The van der Waals surface area contributed by atoms with Crippen molar-refractivity contribution in [2.75, 3.05) is 43.1 Å². The zero-order chi connectivity index (χ0) is 18.0. The van der Waals surface area contributed by atoms with Crippen LogP contribution in [0.4, 0.5) is 24.9 Å². The Balaban J connectivity index is 1.73. The smallest absolute Gasteiger partial charge is 0.433 e. The van der Waals surface area contributed by atoms with Gasteiger partial charge in [0, 0.05) is 44.5 Å². The van der Waals surface area contributed by atoms with Crippen LogP contribution in [0.2, 0.25) is 0 Å². The monoisotopic (exact) mass is 354 g/mol. The molecule has 1 aliphatic rings. The van der Waals surface area contributed by atoms with E-state index in [1.807, 2.05) is 4.90 Å². The lowest BCUT2D eigenvalue weighted by molar-refractivity contribution is -0.141. The van der Waals surface area contributed by atoms with Crippen LogP contribution in [0.5, 0.6) is 5.88 Å². The number of aromatic nitrogens is 4. The largest absolute Gasteiger partial charge is 0.481 e. The molecule has 10 heteroatoms. The minimum atomic E-state index is -4.49. The van der Waals surface area contributed by atoms with Crippen LogP contribution in [0.3, 0.4) is 0 Å². The molecule has 2 aromatic heterocycles. The van der Waals surface area contributed by atoms with Gasteiger partial charge in [0.1, 0.15) is 17.3 Å². The average molecular weight is 354 g/mol. The molecule has 3 rings (SSSR count). The maximum Gasteiger partial charge on any atom is 0.433 e. The predicted octanol–water partition coefficient (Wildman–Crippen LogP) is 1.93. The molecule has 1 saturated heterocycles. The van der Waals surface area contributed by atoms with Crippen molar-refractivity contribution < 1.29 is 17.9 Å². The summed E-state index contributed by atoms with van der Waals surface area (Å²) in [5.41, 5.74) is -0.923. The van der Waals surface area contributed by atoms with Gasteiger partial charge in [-0.15, -0.1) is 0 Å². The van der Waals surface area contributed by atoms with E-state index in [0.717, 1.165) is 6.07 Å². The normalized spacial score (nSPS) is 15.4. The molecule has 0 bridgehead atoms. The number of nitrogens with zero attached hydrogens (tertiary/aromatic N) is 6. The molecule has 0 amide bonds. The van der Waals surface area contributed by atoms with Gasteiger partial charge in [-0.25, -0.2) is 15.0 Å². The molecule has 0 spiro atoms. The lowest BCUT2D eigenvalue weighted by atomic mass is 10.3. The van der Waals surface area contributed by atoms with Crippen LogP contribution < -0.4 is 14.5 Å². The predicted molar refractivity (Wildman–Crippen MR) is 84.8 cm³/mol. The first-order valence-corrected chi connectivity index (χ1v) is 7.66. The summed E-state index contributed by atoms with van der Waals surface area (Å²) in [7, 11) is 1.53. The van der Waals surface area contributed by atoms with E-state index in [4.69, 9.17) is 4.74 Å². The molecule has 25 heavy (non-hydrogen) atoms. The fraction of sp³-hybridized carbons (Fsp3) is 0.467. The Morgan fingerprint density at radius 2 is 1.72 bits per heavy atom. The number of hydrogen-bond donors (Lipinski definition) is 0. The van der Waals surface area contributed by atoms with Crippen LogP contribution in [0.1, 0.15) is 11.5 Å². The summed E-state index contributed by atoms with van der Waals surface area (Å²) in [5, 5.41) is 0. The molecule has 1 aliphatic heterocycles. The fourth-order valence-corrected chi connectivity index (χ4v) is 2.59. The molecular weight excluding hydrogens is 337 g/mol. The Labute approximate surface area is 142 Å². The number of halogens is 3. The zero-order valence-corrected chi connectivity index (χ0v) is 13.8. The molecule has 0 unspecified atom stereocenters. The van der Waals surface area contributed by atoms with Crippen LogP contribution >= 0.6 is 0 Å². The van der Waals surface area contributed by atoms with E-state index in [-0.39, 0.29) is 11.6 Å². The van der Waals surface area contributed by atoms with Gasteiger partial charge in [-0.2, -0.15) is 18.2 Å². The van der Waals surface area contributed by atoms with Gasteiger partial charge in [-0.05, 0) is 6.92 Å². The standard InChI is InChI=1S/C15H17F3N6O/c1-10-20-11(15(16,17)18)9-12(21-10)23-5-7-24(8-6-23)14-19-4-3-13(22-14)25-2/h3-4,9H,5-8H2,1-2H3. The van der Waals surface area contributed by atoms with E-state index in [9.17, 15) is 13.2 Å². The second-order valence-corrected chi connectivity index (χ2v) is 5.53. The highest BCUT2D eigenvalue weighted by Gasteiger charge is 2.34. The van der Waals surface area contributed by atoms with Gasteiger partial charge in [0.15, 0.2) is 0 Å². The molecule has 0 aliphatic carbocycles. The highest BCUT2D eigenvalue weighted by Crippen LogP contribution is 2.30. The van der Waals surface area contributed by atoms with Crippen LogP contribution in [-0.4, -0.2) is 53.2 Å². The summed E-state index contributed by atoms with van der Waals surface area (Å²) in [6.45, 7) is 3.61. The summed E-state index contributed by atoms with van der Waals surface area (Å²) < 4.78 is 43.9. The molecule has 0 aromatic carbocycles. The fourth-order valence-electron chi connectivity index (χ4n) is 2.59. The van der Waals surface area contributed by atoms with E-state index in [1.165, 1.54) is 14.0 Å². The second-order valence-electron chi connectivity index (χ2n) is 5.53. The van der Waals surface area contributed by atoms with Crippen LogP contribution in [0.15, 0.2) is 18.3 Å². The van der Waals surface area contributed by atoms with Crippen molar-refractivity contribution in [1.29, 1.82) is 0 Å². The average Bonchev–Trinajstić information content (AvgIpc) is 2.60. The minimum Gasteiger partial charge on any atom is -0.481 e. The van der Waals surface area contributed by atoms with Crippen LogP contribution in [0.25, 0.3) is 0 Å².